The molecule has 1 N–H and O–H groups in total. The van der Waals surface area contributed by atoms with Gasteiger partial charge < -0.3 is 5.11 Å². The first-order chi connectivity index (χ1) is 18.8. The van der Waals surface area contributed by atoms with Gasteiger partial charge in [0, 0.05) is 23.5 Å². The van der Waals surface area contributed by atoms with Crippen molar-refractivity contribution in [3.8, 4) is 0 Å². The first kappa shape index (κ1) is 31.9. The van der Waals surface area contributed by atoms with Gasteiger partial charge in [-0.3, -0.25) is 4.90 Å². The first-order valence-corrected chi connectivity index (χ1v) is 16.4. The highest BCUT2D eigenvalue weighted by Crippen LogP contribution is 2.54. The van der Waals surface area contributed by atoms with Crippen molar-refractivity contribution in [2.75, 3.05) is 0 Å². The van der Waals surface area contributed by atoms with Crippen molar-refractivity contribution in [1.82, 2.24) is 4.90 Å². The molecule has 3 fully saturated rings. The van der Waals surface area contributed by atoms with Gasteiger partial charge in [0.15, 0.2) is 0 Å². The van der Waals surface area contributed by atoms with Gasteiger partial charge in [-0.15, -0.1) is 0 Å². The number of hydrogen-bond acceptors (Lipinski definition) is 2. The Kier molecular flexibility index (Phi) is 10.1. The third-order valence-corrected chi connectivity index (χ3v) is 11.4. The molecular weight excluding hydrogens is 507 g/mol. The van der Waals surface area contributed by atoms with E-state index in [9.17, 15) is 18.3 Å². The van der Waals surface area contributed by atoms with E-state index in [1.807, 2.05) is 6.07 Å². The molecule has 5 heteroatoms. The van der Waals surface area contributed by atoms with Gasteiger partial charge in [0.1, 0.15) is 0 Å². The lowest BCUT2D eigenvalue weighted by molar-refractivity contribution is -0.138. The molecule has 0 saturated heterocycles. The highest BCUT2D eigenvalue weighted by molar-refractivity contribution is 5.36. The van der Waals surface area contributed by atoms with Crippen LogP contribution in [0.3, 0.4) is 0 Å². The van der Waals surface area contributed by atoms with E-state index in [4.69, 9.17) is 0 Å². The zero-order valence-electron chi connectivity index (χ0n) is 26.2. The first-order valence-electron chi connectivity index (χ1n) is 16.4. The molecule has 228 valence electrons. The Morgan fingerprint density at radius 2 is 1.43 bits per heavy atom. The number of nitrogens with zero attached hydrogens (tertiary/aromatic N) is 1. The number of aliphatic hydroxyl groups excluding tert-OH is 1. The minimum atomic E-state index is -4.37. The molecule has 0 aliphatic heterocycles. The molecule has 1 aromatic carbocycles. The van der Waals surface area contributed by atoms with Crippen molar-refractivity contribution in [2.24, 2.45) is 35.5 Å². The lowest BCUT2D eigenvalue weighted by Crippen LogP contribution is -2.68. The Balaban J connectivity index is 1.92. The zero-order chi connectivity index (χ0) is 29.4. The molecular formula is C35H56F3NO. The summed E-state index contributed by atoms with van der Waals surface area (Å²) in [6.07, 6.45) is 5.45. The van der Waals surface area contributed by atoms with E-state index < -0.39 is 23.3 Å². The fourth-order valence-electron chi connectivity index (χ4n) is 9.04. The van der Waals surface area contributed by atoms with Crippen LogP contribution in [0.1, 0.15) is 124 Å². The number of alkyl halides is 3. The topological polar surface area (TPSA) is 23.5 Å². The Labute approximate surface area is 242 Å². The van der Waals surface area contributed by atoms with Crippen LogP contribution >= 0.6 is 0 Å². The van der Waals surface area contributed by atoms with E-state index in [1.54, 1.807) is 6.07 Å². The summed E-state index contributed by atoms with van der Waals surface area (Å²) in [4.78, 5) is 2.81. The third kappa shape index (κ3) is 6.31. The predicted molar refractivity (Wildman–Crippen MR) is 159 cm³/mol. The normalized spacial score (nSPS) is 32.8. The number of benzene rings is 1. The molecule has 0 spiro atoms. The quantitative estimate of drug-likeness (QED) is 0.323. The maximum Gasteiger partial charge on any atom is 0.416 e. The minimum absolute atomic E-state index is 0.178. The largest absolute Gasteiger partial charge is 0.416 e. The van der Waals surface area contributed by atoms with Crippen molar-refractivity contribution in [2.45, 2.75) is 148 Å². The molecule has 4 rings (SSSR count). The standard InChI is InChI=1S/C35H56F3NO/c1-8-32(40)33(34(17-10-18-34)26-11-9-12-27(21-26)35(36,37)38)39(30-19-24(6)13-15-28(30)22(2)3)31-20-25(7)14-16-29(31)23(4)5/h9,11-12,21-25,28-33,40H,8,10,13-20H2,1-7H3. The van der Waals surface area contributed by atoms with Crippen LogP contribution in [-0.2, 0) is 11.6 Å². The van der Waals surface area contributed by atoms with Gasteiger partial charge in [0.25, 0.3) is 0 Å². The summed E-state index contributed by atoms with van der Waals surface area (Å²) in [7, 11) is 0. The molecule has 3 aliphatic rings. The summed E-state index contributed by atoms with van der Waals surface area (Å²) >= 11 is 0. The Hall–Kier alpha value is -1.07. The molecule has 3 saturated carbocycles. The smallest absolute Gasteiger partial charge is 0.391 e. The van der Waals surface area contributed by atoms with Crippen molar-refractivity contribution in [3.63, 3.8) is 0 Å². The van der Waals surface area contributed by atoms with Gasteiger partial charge in [-0.1, -0.05) is 85.9 Å². The Morgan fingerprint density at radius 3 is 1.82 bits per heavy atom. The van der Waals surface area contributed by atoms with E-state index >= 15 is 0 Å². The predicted octanol–water partition coefficient (Wildman–Crippen LogP) is 9.49. The van der Waals surface area contributed by atoms with E-state index in [0.29, 0.717) is 54.0 Å². The average Bonchev–Trinajstić information content (AvgIpc) is 2.86. The third-order valence-electron chi connectivity index (χ3n) is 11.4. The van der Waals surface area contributed by atoms with Gasteiger partial charge in [-0.05, 0) is 92.1 Å². The van der Waals surface area contributed by atoms with Gasteiger partial charge in [-0.25, -0.2) is 0 Å². The van der Waals surface area contributed by atoms with E-state index in [0.717, 1.165) is 37.7 Å². The molecule has 8 unspecified atom stereocenters. The molecule has 3 aliphatic carbocycles. The summed E-state index contributed by atoms with van der Waals surface area (Å²) < 4.78 is 41.9. The SMILES string of the molecule is CCC(O)C(N(C1CC(C)CCC1C(C)C)C1CC(C)CCC1C(C)C)C1(c2cccc(C(F)(F)F)c2)CCC1. The summed E-state index contributed by atoms with van der Waals surface area (Å²) in [5.41, 5.74) is -0.238. The van der Waals surface area contributed by atoms with Crippen molar-refractivity contribution in [3.05, 3.63) is 35.4 Å². The van der Waals surface area contributed by atoms with Crippen LogP contribution in [0.5, 0.6) is 0 Å². The zero-order valence-corrected chi connectivity index (χ0v) is 26.2. The monoisotopic (exact) mass is 563 g/mol. The fraction of sp³-hybridized carbons (Fsp3) is 0.829. The van der Waals surface area contributed by atoms with Crippen LogP contribution < -0.4 is 0 Å². The highest BCUT2D eigenvalue weighted by atomic mass is 19.4. The van der Waals surface area contributed by atoms with E-state index in [1.165, 1.54) is 37.8 Å². The molecule has 1 aromatic rings. The molecule has 40 heavy (non-hydrogen) atoms. The van der Waals surface area contributed by atoms with Gasteiger partial charge in [0.05, 0.1) is 11.7 Å². The lowest BCUT2D eigenvalue weighted by Gasteiger charge is -2.61. The summed E-state index contributed by atoms with van der Waals surface area (Å²) in [6, 6.07) is 6.65. The van der Waals surface area contributed by atoms with Gasteiger partial charge >= 0.3 is 6.18 Å². The fourth-order valence-corrected chi connectivity index (χ4v) is 9.04. The van der Waals surface area contributed by atoms with Crippen LogP contribution in [0, 0.1) is 35.5 Å². The second-order valence-electron chi connectivity index (χ2n) is 14.7. The number of aliphatic hydroxyl groups is 1. The van der Waals surface area contributed by atoms with Crippen LogP contribution in [0.2, 0.25) is 0 Å². The average molecular weight is 564 g/mol. The van der Waals surface area contributed by atoms with Crippen LogP contribution in [0.25, 0.3) is 0 Å². The van der Waals surface area contributed by atoms with Gasteiger partial charge in [0.2, 0.25) is 0 Å². The van der Waals surface area contributed by atoms with E-state index in [2.05, 4.69) is 53.4 Å². The minimum Gasteiger partial charge on any atom is -0.391 e. The molecule has 0 heterocycles. The summed E-state index contributed by atoms with van der Waals surface area (Å²) in [5, 5.41) is 12.1. The molecule has 8 atom stereocenters. The second-order valence-corrected chi connectivity index (χ2v) is 14.7. The summed E-state index contributed by atoms with van der Waals surface area (Å²) in [6.45, 7) is 16.2. The highest BCUT2D eigenvalue weighted by Gasteiger charge is 2.56. The second kappa shape index (κ2) is 12.7. The number of halogens is 3. The molecule has 2 nitrogen and oxygen atoms in total. The van der Waals surface area contributed by atoms with Crippen LogP contribution in [0.4, 0.5) is 13.2 Å². The van der Waals surface area contributed by atoms with Crippen molar-refractivity contribution < 1.29 is 18.3 Å². The van der Waals surface area contributed by atoms with Crippen molar-refractivity contribution >= 4 is 0 Å². The van der Waals surface area contributed by atoms with E-state index in [-0.39, 0.29) is 6.04 Å². The molecule has 0 radical (unpaired) electrons. The molecule has 0 aromatic heterocycles. The van der Waals surface area contributed by atoms with Crippen LogP contribution in [0.15, 0.2) is 24.3 Å². The van der Waals surface area contributed by atoms with Gasteiger partial charge in [-0.2, -0.15) is 13.2 Å². The van der Waals surface area contributed by atoms with Crippen LogP contribution in [-0.4, -0.2) is 34.2 Å². The number of rotatable bonds is 9. The lowest BCUT2D eigenvalue weighted by atomic mass is 9.56. The summed E-state index contributed by atoms with van der Waals surface area (Å²) in [5.74, 6) is 3.36. The Bertz CT molecular complexity index is 922. The van der Waals surface area contributed by atoms with Crippen molar-refractivity contribution in [1.29, 1.82) is 0 Å². The molecule has 0 amide bonds. The molecule has 0 bridgehead atoms. The Morgan fingerprint density at radius 1 is 0.900 bits per heavy atom. The number of hydrogen-bond donors (Lipinski definition) is 1. The maximum absolute atomic E-state index is 14.0. The maximum atomic E-state index is 14.0.